The number of carbonyl (C=O) groups excluding carboxylic acids is 1. The van der Waals surface area contributed by atoms with Crippen molar-refractivity contribution in [2.24, 2.45) is 0 Å². The fraction of sp³-hybridized carbons (Fsp3) is 0.364. The lowest BCUT2D eigenvalue weighted by molar-refractivity contribution is -0.134. The van der Waals surface area contributed by atoms with E-state index in [-0.39, 0.29) is 23.2 Å². The molecule has 1 aromatic rings. The van der Waals surface area contributed by atoms with Crippen molar-refractivity contribution in [2.75, 3.05) is 13.7 Å². The summed E-state index contributed by atoms with van der Waals surface area (Å²) in [6.07, 6.45) is 0.907. The third-order valence-electron chi connectivity index (χ3n) is 1.87. The van der Waals surface area contributed by atoms with Gasteiger partial charge in [0.25, 0.3) is 0 Å². The number of rotatable bonds is 5. The molecule has 0 amide bonds. The first-order valence-electron chi connectivity index (χ1n) is 4.78. The van der Waals surface area contributed by atoms with E-state index in [4.69, 9.17) is 32.7 Å². The van der Waals surface area contributed by atoms with Gasteiger partial charge in [-0.25, -0.2) is 0 Å². The van der Waals surface area contributed by atoms with E-state index in [0.29, 0.717) is 18.1 Å². The first-order chi connectivity index (χ1) is 7.65. The summed E-state index contributed by atoms with van der Waals surface area (Å²) in [6.45, 7) is 0.526. The maximum absolute atomic E-state index is 11.4. The number of methoxy groups -OCH3 is 1. The van der Waals surface area contributed by atoms with E-state index in [1.54, 1.807) is 25.3 Å². The molecule has 5 heteroatoms. The standard InChI is InChI=1S/C11H12Cl2O3/c1-15-7-3-6-10(14)16-9-5-2-4-8(12)11(9)13/h2,4-5H,3,6-7H2,1H3. The van der Waals surface area contributed by atoms with Crippen LogP contribution in [-0.2, 0) is 9.53 Å². The highest BCUT2D eigenvalue weighted by molar-refractivity contribution is 6.43. The molecular weight excluding hydrogens is 251 g/mol. The Balaban J connectivity index is 2.53. The largest absolute Gasteiger partial charge is 0.425 e. The highest BCUT2D eigenvalue weighted by Crippen LogP contribution is 2.31. The lowest BCUT2D eigenvalue weighted by atomic mass is 10.3. The van der Waals surface area contributed by atoms with Crippen molar-refractivity contribution < 1.29 is 14.3 Å². The Labute approximate surface area is 104 Å². The van der Waals surface area contributed by atoms with Crippen LogP contribution in [0.5, 0.6) is 5.75 Å². The minimum atomic E-state index is -0.346. The van der Waals surface area contributed by atoms with Gasteiger partial charge in [0, 0.05) is 20.1 Å². The normalized spacial score (nSPS) is 10.2. The van der Waals surface area contributed by atoms with Gasteiger partial charge in [0.05, 0.1) is 5.02 Å². The monoisotopic (exact) mass is 262 g/mol. The average molecular weight is 263 g/mol. The Morgan fingerprint density at radius 3 is 2.81 bits per heavy atom. The number of halogens is 2. The molecular formula is C11H12Cl2O3. The van der Waals surface area contributed by atoms with Gasteiger partial charge in [0.1, 0.15) is 5.02 Å². The van der Waals surface area contributed by atoms with E-state index in [1.807, 2.05) is 0 Å². The molecule has 0 N–H and O–H groups in total. The molecule has 0 bridgehead atoms. The predicted molar refractivity (Wildman–Crippen MR) is 63.2 cm³/mol. The summed E-state index contributed by atoms with van der Waals surface area (Å²) < 4.78 is 9.89. The summed E-state index contributed by atoms with van der Waals surface area (Å²) in [5.74, 6) is -0.0576. The van der Waals surface area contributed by atoms with Crippen LogP contribution in [-0.4, -0.2) is 19.7 Å². The van der Waals surface area contributed by atoms with Crippen LogP contribution in [0.25, 0.3) is 0 Å². The SMILES string of the molecule is COCCCC(=O)Oc1cccc(Cl)c1Cl. The Kier molecular flexibility index (Phi) is 5.60. The lowest BCUT2D eigenvalue weighted by Gasteiger charge is -2.06. The van der Waals surface area contributed by atoms with Gasteiger partial charge >= 0.3 is 5.97 Å². The first kappa shape index (κ1) is 13.3. The first-order valence-corrected chi connectivity index (χ1v) is 5.54. The summed E-state index contributed by atoms with van der Waals surface area (Å²) in [5.41, 5.74) is 0. The second-order valence-electron chi connectivity index (χ2n) is 3.12. The molecule has 0 spiro atoms. The quantitative estimate of drug-likeness (QED) is 0.464. The van der Waals surface area contributed by atoms with E-state index < -0.39 is 0 Å². The molecule has 0 aliphatic rings. The number of esters is 1. The Hall–Kier alpha value is -0.770. The van der Waals surface area contributed by atoms with Crippen LogP contribution in [0.4, 0.5) is 0 Å². The molecule has 88 valence electrons. The van der Waals surface area contributed by atoms with Gasteiger partial charge in [0.15, 0.2) is 5.75 Å². The summed E-state index contributed by atoms with van der Waals surface area (Å²) in [4.78, 5) is 11.4. The second-order valence-corrected chi connectivity index (χ2v) is 3.91. The lowest BCUT2D eigenvalue weighted by Crippen LogP contribution is -2.09. The van der Waals surface area contributed by atoms with Crippen LogP contribution >= 0.6 is 23.2 Å². The van der Waals surface area contributed by atoms with Gasteiger partial charge in [-0.3, -0.25) is 4.79 Å². The zero-order chi connectivity index (χ0) is 12.0. The molecule has 0 aromatic heterocycles. The fourth-order valence-corrected chi connectivity index (χ4v) is 1.43. The summed E-state index contributed by atoms with van der Waals surface area (Å²) in [5, 5.41) is 0.619. The zero-order valence-corrected chi connectivity index (χ0v) is 10.3. The number of benzene rings is 1. The van der Waals surface area contributed by atoms with Gasteiger partial charge in [-0.05, 0) is 18.6 Å². The summed E-state index contributed by atoms with van der Waals surface area (Å²) in [7, 11) is 1.58. The van der Waals surface area contributed by atoms with Crippen molar-refractivity contribution in [3.05, 3.63) is 28.2 Å². The molecule has 0 unspecified atom stereocenters. The van der Waals surface area contributed by atoms with Gasteiger partial charge in [-0.15, -0.1) is 0 Å². The molecule has 1 aromatic carbocycles. The second kappa shape index (κ2) is 6.74. The van der Waals surface area contributed by atoms with E-state index in [1.165, 1.54) is 0 Å². The van der Waals surface area contributed by atoms with Gasteiger partial charge in [0.2, 0.25) is 0 Å². The van der Waals surface area contributed by atoms with Crippen molar-refractivity contribution in [3.8, 4) is 5.75 Å². The van der Waals surface area contributed by atoms with Crippen LogP contribution in [0.15, 0.2) is 18.2 Å². The number of hydrogen-bond acceptors (Lipinski definition) is 3. The van der Waals surface area contributed by atoms with Crippen LogP contribution in [0.3, 0.4) is 0 Å². The van der Waals surface area contributed by atoms with E-state index >= 15 is 0 Å². The van der Waals surface area contributed by atoms with E-state index in [9.17, 15) is 4.79 Å². The number of hydrogen-bond donors (Lipinski definition) is 0. The third-order valence-corrected chi connectivity index (χ3v) is 2.67. The predicted octanol–water partition coefficient (Wildman–Crippen LogP) is 3.33. The maximum Gasteiger partial charge on any atom is 0.311 e. The Bertz CT molecular complexity index is 366. The Morgan fingerprint density at radius 1 is 1.38 bits per heavy atom. The van der Waals surface area contributed by atoms with Gasteiger partial charge in [-0.1, -0.05) is 29.3 Å². The smallest absolute Gasteiger partial charge is 0.311 e. The van der Waals surface area contributed by atoms with E-state index in [2.05, 4.69) is 0 Å². The summed E-state index contributed by atoms with van der Waals surface area (Å²) in [6, 6.07) is 4.90. The number of carbonyl (C=O) groups is 1. The molecule has 0 heterocycles. The molecule has 3 nitrogen and oxygen atoms in total. The van der Waals surface area contributed by atoms with Crippen molar-refractivity contribution in [1.29, 1.82) is 0 Å². The fourth-order valence-electron chi connectivity index (χ4n) is 1.10. The van der Waals surface area contributed by atoms with Gasteiger partial charge < -0.3 is 9.47 Å². The molecule has 16 heavy (non-hydrogen) atoms. The van der Waals surface area contributed by atoms with Crippen molar-refractivity contribution >= 4 is 29.2 Å². The van der Waals surface area contributed by atoms with Crippen LogP contribution in [0.2, 0.25) is 10.0 Å². The molecule has 0 saturated carbocycles. The molecule has 0 fully saturated rings. The molecule has 1 rings (SSSR count). The number of ether oxygens (including phenoxy) is 2. The minimum Gasteiger partial charge on any atom is -0.425 e. The van der Waals surface area contributed by atoms with Crippen molar-refractivity contribution in [3.63, 3.8) is 0 Å². The van der Waals surface area contributed by atoms with Gasteiger partial charge in [-0.2, -0.15) is 0 Å². The van der Waals surface area contributed by atoms with Crippen LogP contribution < -0.4 is 4.74 Å². The van der Waals surface area contributed by atoms with Crippen LogP contribution in [0.1, 0.15) is 12.8 Å². The minimum absolute atomic E-state index is 0.254. The molecule has 0 saturated heterocycles. The maximum atomic E-state index is 11.4. The molecule has 0 radical (unpaired) electrons. The average Bonchev–Trinajstić information content (AvgIpc) is 2.25. The third kappa shape index (κ3) is 4.00. The highest BCUT2D eigenvalue weighted by atomic mass is 35.5. The van der Waals surface area contributed by atoms with Crippen molar-refractivity contribution in [2.45, 2.75) is 12.8 Å². The zero-order valence-electron chi connectivity index (χ0n) is 8.83. The highest BCUT2D eigenvalue weighted by Gasteiger charge is 2.10. The van der Waals surface area contributed by atoms with E-state index in [0.717, 1.165) is 0 Å². The molecule has 0 atom stereocenters. The van der Waals surface area contributed by atoms with Crippen LogP contribution in [0, 0.1) is 0 Å². The topological polar surface area (TPSA) is 35.5 Å². The molecule has 0 aliphatic carbocycles. The molecule has 0 aliphatic heterocycles. The van der Waals surface area contributed by atoms with Crippen molar-refractivity contribution in [1.82, 2.24) is 0 Å². The Morgan fingerprint density at radius 2 is 2.12 bits per heavy atom. The summed E-state index contributed by atoms with van der Waals surface area (Å²) >= 11 is 11.6.